The van der Waals surface area contributed by atoms with Crippen LogP contribution in [0.2, 0.25) is 5.02 Å². The van der Waals surface area contributed by atoms with Crippen molar-refractivity contribution in [1.82, 2.24) is 14.7 Å². The Morgan fingerprint density at radius 1 is 1.58 bits per heavy atom. The zero-order chi connectivity index (χ0) is 14.0. The van der Waals surface area contributed by atoms with Crippen LogP contribution in [0.4, 0.5) is 0 Å². The second kappa shape index (κ2) is 6.37. The van der Waals surface area contributed by atoms with Gasteiger partial charge in [-0.15, -0.1) is 11.3 Å². The van der Waals surface area contributed by atoms with Crippen LogP contribution in [0.25, 0.3) is 0 Å². The Kier molecular flexibility index (Phi) is 5.03. The number of thiophene rings is 1. The zero-order valence-corrected chi connectivity index (χ0v) is 14.0. The average Bonchev–Trinajstić information content (AvgIpc) is 2.92. The van der Waals surface area contributed by atoms with E-state index in [9.17, 15) is 0 Å². The summed E-state index contributed by atoms with van der Waals surface area (Å²) in [6.07, 6.45) is 1.66. The van der Waals surface area contributed by atoms with Crippen LogP contribution < -0.4 is 5.73 Å². The Morgan fingerprint density at radius 2 is 2.32 bits per heavy atom. The molecule has 1 unspecified atom stereocenters. The van der Waals surface area contributed by atoms with Gasteiger partial charge in [-0.25, -0.2) is 0 Å². The molecule has 7 heteroatoms. The molecule has 1 atom stereocenters. The van der Waals surface area contributed by atoms with Crippen LogP contribution in [0.3, 0.4) is 0 Å². The number of hydrogen-bond acceptors (Lipinski definition) is 4. The molecule has 0 bridgehead atoms. The van der Waals surface area contributed by atoms with Crippen molar-refractivity contribution in [1.29, 1.82) is 0 Å². The molecule has 0 radical (unpaired) electrons. The first-order valence-electron chi connectivity index (χ1n) is 5.84. The SMILES string of the molecule is CN(C)CCn1ncc(Cl)c1C(N)c1cc(Br)cs1. The van der Waals surface area contributed by atoms with E-state index in [1.165, 1.54) is 0 Å². The molecular formula is C12H16BrClN4S. The first-order chi connectivity index (χ1) is 8.99. The molecule has 4 nitrogen and oxygen atoms in total. The molecule has 0 fully saturated rings. The first-order valence-corrected chi connectivity index (χ1v) is 7.89. The van der Waals surface area contributed by atoms with Gasteiger partial charge in [0.25, 0.3) is 0 Å². The summed E-state index contributed by atoms with van der Waals surface area (Å²) in [5.41, 5.74) is 7.19. The van der Waals surface area contributed by atoms with Crippen LogP contribution in [0.1, 0.15) is 16.6 Å². The lowest BCUT2D eigenvalue weighted by Gasteiger charge is -2.15. The molecule has 0 aromatic carbocycles. The summed E-state index contributed by atoms with van der Waals surface area (Å²) in [6, 6.07) is 1.78. The fraction of sp³-hybridized carbons (Fsp3) is 0.417. The summed E-state index contributed by atoms with van der Waals surface area (Å²) in [5, 5.41) is 6.95. The lowest BCUT2D eigenvalue weighted by atomic mass is 10.2. The van der Waals surface area contributed by atoms with Crippen molar-refractivity contribution in [3.05, 3.63) is 37.7 Å². The molecule has 2 aromatic rings. The zero-order valence-electron chi connectivity index (χ0n) is 10.8. The Labute approximate surface area is 130 Å². The number of halogens is 2. The van der Waals surface area contributed by atoms with Crippen molar-refractivity contribution in [3.63, 3.8) is 0 Å². The standard InChI is InChI=1S/C12H16BrClN4S/c1-17(2)3-4-18-12(9(14)6-16-18)11(15)10-5-8(13)7-19-10/h5-7,11H,3-4,15H2,1-2H3. The van der Waals surface area contributed by atoms with Crippen LogP contribution >= 0.6 is 38.9 Å². The van der Waals surface area contributed by atoms with Gasteiger partial charge in [0.15, 0.2) is 0 Å². The number of nitrogens with two attached hydrogens (primary N) is 1. The van der Waals surface area contributed by atoms with E-state index in [0.29, 0.717) is 5.02 Å². The molecule has 19 heavy (non-hydrogen) atoms. The Hall–Kier alpha value is -0.400. The molecule has 0 aliphatic carbocycles. The smallest absolute Gasteiger partial charge is 0.0838 e. The molecule has 0 aliphatic rings. The molecule has 2 aromatic heterocycles. The second-order valence-corrected chi connectivity index (χ2v) is 6.81. The summed E-state index contributed by atoms with van der Waals surface area (Å²) < 4.78 is 2.93. The maximum absolute atomic E-state index is 6.31. The van der Waals surface area contributed by atoms with Gasteiger partial charge in [-0.2, -0.15) is 5.10 Å². The van der Waals surface area contributed by atoms with E-state index in [0.717, 1.165) is 28.1 Å². The molecule has 0 amide bonds. The van der Waals surface area contributed by atoms with Crippen LogP contribution in [0.5, 0.6) is 0 Å². The summed E-state index contributed by atoms with van der Waals surface area (Å²) in [5.74, 6) is 0. The van der Waals surface area contributed by atoms with Gasteiger partial charge in [-0.3, -0.25) is 4.68 Å². The lowest BCUT2D eigenvalue weighted by Crippen LogP contribution is -2.23. The van der Waals surface area contributed by atoms with E-state index in [4.69, 9.17) is 17.3 Å². The molecule has 2 rings (SSSR count). The molecule has 0 saturated heterocycles. The predicted octanol–water partition coefficient (Wildman–Crippen LogP) is 2.97. The normalized spacial score (nSPS) is 13.2. The van der Waals surface area contributed by atoms with Crippen molar-refractivity contribution in [2.75, 3.05) is 20.6 Å². The van der Waals surface area contributed by atoms with Crippen molar-refractivity contribution in [2.45, 2.75) is 12.6 Å². The van der Waals surface area contributed by atoms with Crippen LogP contribution in [-0.2, 0) is 6.54 Å². The van der Waals surface area contributed by atoms with Gasteiger partial charge in [0, 0.05) is 21.3 Å². The van der Waals surface area contributed by atoms with Gasteiger partial charge >= 0.3 is 0 Å². The van der Waals surface area contributed by atoms with E-state index in [1.807, 2.05) is 30.2 Å². The highest BCUT2D eigenvalue weighted by molar-refractivity contribution is 9.10. The van der Waals surface area contributed by atoms with Gasteiger partial charge < -0.3 is 10.6 Å². The van der Waals surface area contributed by atoms with Crippen molar-refractivity contribution >= 4 is 38.9 Å². The third kappa shape index (κ3) is 3.58. The minimum atomic E-state index is -0.242. The lowest BCUT2D eigenvalue weighted by molar-refractivity contribution is 0.368. The first kappa shape index (κ1) is 15.0. The third-order valence-corrected chi connectivity index (χ3v) is 4.85. The molecule has 0 spiro atoms. The van der Waals surface area contributed by atoms with E-state index < -0.39 is 0 Å². The quantitative estimate of drug-likeness (QED) is 0.888. The average molecular weight is 364 g/mol. The van der Waals surface area contributed by atoms with Crippen molar-refractivity contribution in [3.8, 4) is 0 Å². The second-order valence-electron chi connectivity index (χ2n) is 4.55. The number of likely N-dealkylation sites (N-methyl/N-ethyl adjacent to an activating group) is 1. The third-order valence-electron chi connectivity index (χ3n) is 2.78. The monoisotopic (exact) mass is 362 g/mol. The fourth-order valence-electron chi connectivity index (χ4n) is 1.78. The minimum Gasteiger partial charge on any atom is -0.318 e. The van der Waals surface area contributed by atoms with Gasteiger partial charge in [0.05, 0.1) is 29.5 Å². The Balaban J connectivity index is 2.25. The highest BCUT2D eigenvalue weighted by atomic mass is 79.9. The highest BCUT2D eigenvalue weighted by Gasteiger charge is 2.20. The number of hydrogen-bond donors (Lipinski definition) is 1. The number of nitrogens with zero attached hydrogens (tertiary/aromatic N) is 3. The number of aromatic nitrogens is 2. The van der Waals surface area contributed by atoms with E-state index in [1.54, 1.807) is 17.5 Å². The van der Waals surface area contributed by atoms with Crippen LogP contribution in [-0.4, -0.2) is 35.3 Å². The largest absolute Gasteiger partial charge is 0.318 e. The van der Waals surface area contributed by atoms with Crippen molar-refractivity contribution < 1.29 is 0 Å². The summed E-state index contributed by atoms with van der Waals surface area (Å²) in [4.78, 5) is 3.17. The summed E-state index contributed by atoms with van der Waals surface area (Å²) in [6.45, 7) is 1.67. The summed E-state index contributed by atoms with van der Waals surface area (Å²) >= 11 is 11.3. The molecule has 0 aliphatic heterocycles. The Bertz CT molecular complexity index is 552. The van der Waals surface area contributed by atoms with E-state index in [2.05, 4.69) is 25.9 Å². The Morgan fingerprint density at radius 3 is 2.89 bits per heavy atom. The van der Waals surface area contributed by atoms with Crippen molar-refractivity contribution in [2.24, 2.45) is 5.73 Å². The fourth-order valence-corrected chi connectivity index (χ4v) is 3.49. The van der Waals surface area contributed by atoms with E-state index in [-0.39, 0.29) is 6.04 Å². The van der Waals surface area contributed by atoms with Gasteiger partial charge in [-0.1, -0.05) is 11.6 Å². The van der Waals surface area contributed by atoms with Gasteiger partial charge in [0.2, 0.25) is 0 Å². The minimum absolute atomic E-state index is 0.242. The topological polar surface area (TPSA) is 47.1 Å². The van der Waals surface area contributed by atoms with Gasteiger partial charge in [-0.05, 0) is 36.1 Å². The highest BCUT2D eigenvalue weighted by Crippen LogP contribution is 2.31. The van der Waals surface area contributed by atoms with Gasteiger partial charge in [0.1, 0.15) is 0 Å². The molecular weight excluding hydrogens is 348 g/mol. The summed E-state index contributed by atoms with van der Waals surface area (Å²) in [7, 11) is 4.06. The number of rotatable bonds is 5. The molecule has 2 N–H and O–H groups in total. The van der Waals surface area contributed by atoms with Crippen LogP contribution in [0, 0.1) is 0 Å². The maximum Gasteiger partial charge on any atom is 0.0838 e. The predicted molar refractivity (Wildman–Crippen MR) is 83.8 cm³/mol. The maximum atomic E-state index is 6.31. The van der Waals surface area contributed by atoms with Crippen LogP contribution in [0.15, 0.2) is 22.1 Å². The molecule has 2 heterocycles. The van der Waals surface area contributed by atoms with E-state index >= 15 is 0 Å². The molecule has 104 valence electrons. The molecule has 0 saturated carbocycles.